The highest BCUT2D eigenvalue weighted by Gasteiger charge is 2.31. The molecule has 11 heteroatoms. The average molecular weight is 533 g/mol. The van der Waals surface area contributed by atoms with Crippen LogP contribution in [0.25, 0.3) is 0 Å². The molecule has 0 unspecified atom stereocenters. The summed E-state index contributed by atoms with van der Waals surface area (Å²) < 4.78 is 4.98. The van der Waals surface area contributed by atoms with Gasteiger partial charge < -0.3 is 25.8 Å². The number of amides is 2. The Labute approximate surface area is 228 Å². The second-order valence-corrected chi connectivity index (χ2v) is 10.4. The zero-order valence-electron chi connectivity index (χ0n) is 22.3. The Bertz CT molecular complexity index is 1280. The monoisotopic (exact) mass is 532 g/mol. The summed E-state index contributed by atoms with van der Waals surface area (Å²) in [6, 6.07) is 9.53. The molecule has 2 aliphatic heterocycles. The van der Waals surface area contributed by atoms with Gasteiger partial charge in [0.05, 0.1) is 0 Å². The zero-order chi connectivity index (χ0) is 27.2. The van der Waals surface area contributed by atoms with E-state index in [-0.39, 0.29) is 29.5 Å². The van der Waals surface area contributed by atoms with Crippen LogP contribution in [0, 0.1) is 12.8 Å². The maximum atomic E-state index is 13.2. The van der Waals surface area contributed by atoms with E-state index < -0.39 is 0 Å². The molecule has 0 atom stereocenters. The summed E-state index contributed by atoms with van der Waals surface area (Å²) in [7, 11) is 0. The lowest BCUT2D eigenvalue weighted by Crippen LogP contribution is -2.47. The molecule has 5 heterocycles. The number of nitrogens with one attached hydrogen (secondary N) is 2. The third-order valence-corrected chi connectivity index (χ3v) is 7.53. The molecule has 0 radical (unpaired) electrons. The van der Waals surface area contributed by atoms with Crippen LogP contribution in [0.15, 0.2) is 47.2 Å². The number of aryl methyl sites for hydroxylation is 1. The van der Waals surface area contributed by atoms with E-state index in [1.807, 2.05) is 29.2 Å². The molecule has 4 N–H and O–H groups in total. The van der Waals surface area contributed by atoms with Gasteiger partial charge in [0.2, 0.25) is 5.91 Å². The number of rotatable bonds is 8. The molecular formula is C28H36N8O3. The van der Waals surface area contributed by atoms with Crippen molar-refractivity contribution in [3.05, 3.63) is 65.3 Å². The first-order chi connectivity index (χ1) is 18.9. The number of carbonyl (C=O) groups is 2. The molecule has 3 aromatic heterocycles. The van der Waals surface area contributed by atoms with Crippen LogP contribution in [0.1, 0.15) is 53.1 Å². The fourth-order valence-corrected chi connectivity index (χ4v) is 5.34. The van der Waals surface area contributed by atoms with Crippen LogP contribution < -0.4 is 16.4 Å². The van der Waals surface area contributed by atoms with E-state index in [0.29, 0.717) is 18.1 Å². The summed E-state index contributed by atoms with van der Waals surface area (Å²) in [5.41, 5.74) is 8.11. The number of aromatic nitrogens is 3. The van der Waals surface area contributed by atoms with Gasteiger partial charge in [-0.3, -0.25) is 14.5 Å². The minimum Gasteiger partial charge on any atom is -0.384 e. The normalized spacial score (nSPS) is 17.2. The molecule has 3 aromatic rings. The maximum absolute atomic E-state index is 13.2. The van der Waals surface area contributed by atoms with Crippen LogP contribution in [0.2, 0.25) is 0 Å². The van der Waals surface area contributed by atoms with Crippen LogP contribution in [-0.2, 0) is 17.9 Å². The fraction of sp³-hybridized carbons (Fsp3) is 0.464. The van der Waals surface area contributed by atoms with Crippen molar-refractivity contribution in [1.82, 2.24) is 30.2 Å². The topological polar surface area (TPSA) is 143 Å². The quantitative estimate of drug-likeness (QED) is 0.399. The summed E-state index contributed by atoms with van der Waals surface area (Å²) in [5, 5.41) is 10.2. The molecule has 2 saturated heterocycles. The number of hydrogen-bond acceptors (Lipinski definition) is 9. The third kappa shape index (κ3) is 6.91. The van der Waals surface area contributed by atoms with Gasteiger partial charge in [-0.2, -0.15) is 0 Å². The van der Waals surface area contributed by atoms with Gasteiger partial charge >= 0.3 is 0 Å². The first-order valence-corrected chi connectivity index (χ1v) is 13.6. The molecule has 206 valence electrons. The Morgan fingerprint density at radius 3 is 2.56 bits per heavy atom. The van der Waals surface area contributed by atoms with E-state index in [4.69, 9.17) is 10.3 Å². The minimum atomic E-state index is -0.290. The molecular weight excluding hydrogens is 496 g/mol. The standard InChI is InChI=1S/C28H36N8O3/c1-19-15-24(34-39-19)27(37)32-17-22-3-2-9-31-26(22)33-23-7-13-36(14-8-23)28(38)21-5-11-35(12-6-21)18-20-4-10-30-25(29)16-20/h2-4,9-10,15-16,21,23H,5-8,11-14,17-18H2,1H3,(H2,29,30)(H,31,33)(H,32,37). The van der Waals surface area contributed by atoms with E-state index in [1.165, 1.54) is 0 Å². The van der Waals surface area contributed by atoms with Crippen molar-refractivity contribution in [1.29, 1.82) is 0 Å². The van der Waals surface area contributed by atoms with E-state index in [0.717, 1.165) is 75.4 Å². The molecule has 0 aromatic carbocycles. The largest absolute Gasteiger partial charge is 0.384 e. The summed E-state index contributed by atoms with van der Waals surface area (Å²) >= 11 is 0. The number of nitrogens with zero attached hydrogens (tertiary/aromatic N) is 5. The highest BCUT2D eigenvalue weighted by molar-refractivity contribution is 5.92. The minimum absolute atomic E-state index is 0.0905. The molecule has 0 aliphatic carbocycles. The van der Waals surface area contributed by atoms with Crippen molar-refractivity contribution >= 4 is 23.5 Å². The fourth-order valence-electron chi connectivity index (χ4n) is 5.34. The molecule has 39 heavy (non-hydrogen) atoms. The first kappa shape index (κ1) is 26.6. The number of carbonyl (C=O) groups excluding carboxylic acids is 2. The van der Waals surface area contributed by atoms with Gasteiger partial charge in [0.15, 0.2) is 5.69 Å². The van der Waals surface area contributed by atoms with Crippen molar-refractivity contribution in [3.8, 4) is 0 Å². The number of pyridine rings is 2. The van der Waals surface area contributed by atoms with Crippen molar-refractivity contribution in [2.45, 2.75) is 51.7 Å². The highest BCUT2D eigenvalue weighted by atomic mass is 16.5. The zero-order valence-corrected chi connectivity index (χ0v) is 22.3. The maximum Gasteiger partial charge on any atom is 0.273 e. The second kappa shape index (κ2) is 12.2. The van der Waals surface area contributed by atoms with E-state index in [9.17, 15) is 9.59 Å². The second-order valence-electron chi connectivity index (χ2n) is 10.4. The Balaban J connectivity index is 1.07. The lowest BCUT2D eigenvalue weighted by atomic mass is 9.93. The molecule has 2 amide bonds. The number of nitrogen functional groups attached to an aromatic ring is 1. The van der Waals surface area contributed by atoms with Crippen LogP contribution >= 0.6 is 0 Å². The number of likely N-dealkylation sites (tertiary alicyclic amines) is 2. The van der Waals surface area contributed by atoms with Gasteiger partial charge in [-0.1, -0.05) is 11.2 Å². The van der Waals surface area contributed by atoms with Gasteiger partial charge in [-0.15, -0.1) is 0 Å². The van der Waals surface area contributed by atoms with Crippen molar-refractivity contribution in [3.63, 3.8) is 0 Å². The predicted octanol–water partition coefficient (Wildman–Crippen LogP) is 2.60. The lowest BCUT2D eigenvalue weighted by Gasteiger charge is -2.37. The molecule has 5 rings (SSSR count). The Morgan fingerprint density at radius 1 is 1.05 bits per heavy atom. The van der Waals surface area contributed by atoms with Crippen molar-refractivity contribution in [2.75, 3.05) is 37.2 Å². The number of hydrogen-bond donors (Lipinski definition) is 3. The molecule has 0 spiro atoms. The summed E-state index contributed by atoms with van der Waals surface area (Å²) in [6.07, 6.45) is 6.96. The summed E-state index contributed by atoms with van der Waals surface area (Å²) in [6.45, 7) is 6.19. The van der Waals surface area contributed by atoms with Crippen molar-refractivity contribution in [2.24, 2.45) is 5.92 Å². The Kier molecular flexibility index (Phi) is 8.36. The molecule has 2 aliphatic rings. The predicted molar refractivity (Wildman–Crippen MR) is 147 cm³/mol. The summed E-state index contributed by atoms with van der Waals surface area (Å²) in [5.74, 6) is 1.97. The molecule has 2 fully saturated rings. The number of anilines is 2. The van der Waals surface area contributed by atoms with Crippen LogP contribution in [0.4, 0.5) is 11.6 Å². The lowest BCUT2D eigenvalue weighted by molar-refractivity contribution is -0.138. The van der Waals surface area contributed by atoms with Gasteiger partial charge in [0.1, 0.15) is 17.4 Å². The molecule has 0 bridgehead atoms. The summed E-state index contributed by atoms with van der Waals surface area (Å²) in [4.78, 5) is 38.6. The van der Waals surface area contributed by atoms with Gasteiger partial charge in [-0.05, 0) is 69.5 Å². The van der Waals surface area contributed by atoms with Gasteiger partial charge in [0.25, 0.3) is 5.91 Å². The van der Waals surface area contributed by atoms with E-state index >= 15 is 0 Å². The Hall–Kier alpha value is -3.99. The molecule has 0 saturated carbocycles. The van der Waals surface area contributed by atoms with Crippen LogP contribution in [-0.4, -0.2) is 69.0 Å². The highest BCUT2D eigenvalue weighted by Crippen LogP contribution is 2.24. The van der Waals surface area contributed by atoms with Gasteiger partial charge in [-0.25, -0.2) is 9.97 Å². The first-order valence-electron chi connectivity index (χ1n) is 13.6. The number of piperidine rings is 2. The molecule has 11 nitrogen and oxygen atoms in total. The van der Waals surface area contributed by atoms with Crippen LogP contribution in [0.5, 0.6) is 0 Å². The van der Waals surface area contributed by atoms with E-state index in [2.05, 4.69) is 30.7 Å². The average Bonchev–Trinajstić information content (AvgIpc) is 3.39. The van der Waals surface area contributed by atoms with Crippen LogP contribution in [0.3, 0.4) is 0 Å². The number of nitrogens with two attached hydrogens (primary N) is 1. The third-order valence-electron chi connectivity index (χ3n) is 7.53. The smallest absolute Gasteiger partial charge is 0.273 e. The van der Waals surface area contributed by atoms with Crippen molar-refractivity contribution < 1.29 is 14.1 Å². The Morgan fingerprint density at radius 2 is 1.85 bits per heavy atom. The van der Waals surface area contributed by atoms with Gasteiger partial charge in [0, 0.05) is 62.2 Å². The van der Waals surface area contributed by atoms with E-state index in [1.54, 1.807) is 25.4 Å². The SMILES string of the molecule is Cc1cc(C(=O)NCc2cccnc2NC2CCN(C(=O)C3CCN(Cc4ccnc(N)c4)CC3)CC2)no1.